The van der Waals surface area contributed by atoms with Crippen LogP contribution in [0.5, 0.6) is 11.5 Å². The third-order valence-electron chi connectivity index (χ3n) is 2.75. The molecule has 2 N–H and O–H groups in total. The normalized spacial score (nSPS) is 11.9. The minimum atomic E-state index is -0.589. The van der Waals surface area contributed by atoms with E-state index >= 15 is 0 Å². The first kappa shape index (κ1) is 14.0. The van der Waals surface area contributed by atoms with Crippen LogP contribution in [0.1, 0.15) is 18.5 Å². The van der Waals surface area contributed by atoms with Gasteiger partial charge in [0, 0.05) is 17.7 Å². The molecule has 0 aromatic heterocycles. The number of nitrogens with two attached hydrogens (primary N) is 1. The number of hydrogen-bond donors (Lipinski definition) is 1. The number of halogens is 1. The zero-order valence-electron chi connectivity index (χ0n) is 10.7. The second-order valence-corrected chi connectivity index (χ2v) is 4.27. The monoisotopic (exact) mass is 276 g/mol. The zero-order valence-corrected chi connectivity index (χ0v) is 10.7. The van der Waals surface area contributed by atoms with Gasteiger partial charge in [0.2, 0.25) is 5.75 Å². The Kier molecular flexibility index (Phi) is 3.95. The van der Waals surface area contributed by atoms with Crippen molar-refractivity contribution in [3.63, 3.8) is 0 Å². The number of para-hydroxylation sites is 2. The maximum atomic E-state index is 13.8. The van der Waals surface area contributed by atoms with Crippen molar-refractivity contribution in [2.75, 3.05) is 0 Å². The molecule has 6 heteroatoms. The number of hydrogen-bond acceptors (Lipinski definition) is 4. The van der Waals surface area contributed by atoms with E-state index in [1.807, 2.05) is 0 Å². The molecule has 20 heavy (non-hydrogen) atoms. The first-order valence-corrected chi connectivity index (χ1v) is 5.96. The van der Waals surface area contributed by atoms with Gasteiger partial charge in [-0.05, 0) is 25.1 Å². The molecule has 0 aliphatic rings. The third kappa shape index (κ3) is 2.75. The molecular weight excluding hydrogens is 263 g/mol. The van der Waals surface area contributed by atoms with Gasteiger partial charge in [0.25, 0.3) is 0 Å². The second kappa shape index (κ2) is 5.66. The summed E-state index contributed by atoms with van der Waals surface area (Å²) in [6, 6.07) is 9.58. The smallest absolute Gasteiger partial charge is 0.311 e. The van der Waals surface area contributed by atoms with Crippen LogP contribution >= 0.6 is 0 Å². The summed E-state index contributed by atoms with van der Waals surface area (Å²) in [6.07, 6.45) is 0. The van der Waals surface area contributed by atoms with Gasteiger partial charge in [-0.2, -0.15) is 0 Å². The van der Waals surface area contributed by atoms with Crippen molar-refractivity contribution in [2.24, 2.45) is 5.73 Å². The first-order chi connectivity index (χ1) is 9.50. The summed E-state index contributed by atoms with van der Waals surface area (Å²) >= 11 is 0. The van der Waals surface area contributed by atoms with Crippen LogP contribution in [0.2, 0.25) is 0 Å². The van der Waals surface area contributed by atoms with Crippen LogP contribution in [0.3, 0.4) is 0 Å². The second-order valence-electron chi connectivity index (χ2n) is 4.27. The lowest BCUT2D eigenvalue weighted by atomic mass is 10.1. The van der Waals surface area contributed by atoms with Crippen molar-refractivity contribution in [3.8, 4) is 11.5 Å². The van der Waals surface area contributed by atoms with Gasteiger partial charge in [0.05, 0.1) is 4.92 Å². The Balaban J connectivity index is 2.46. The highest BCUT2D eigenvalue weighted by Gasteiger charge is 2.19. The average molecular weight is 276 g/mol. The summed E-state index contributed by atoms with van der Waals surface area (Å²) in [4.78, 5) is 10.4. The Labute approximate surface area is 114 Å². The molecule has 1 unspecified atom stereocenters. The van der Waals surface area contributed by atoms with Crippen LogP contribution in [-0.2, 0) is 0 Å². The van der Waals surface area contributed by atoms with E-state index in [0.717, 1.165) is 0 Å². The lowest BCUT2D eigenvalue weighted by Crippen LogP contribution is -2.09. The molecule has 0 radical (unpaired) electrons. The molecule has 0 heterocycles. The summed E-state index contributed by atoms with van der Waals surface area (Å²) in [7, 11) is 0. The number of nitrogens with zero attached hydrogens (tertiary/aromatic N) is 1. The number of ether oxygens (including phenoxy) is 1. The van der Waals surface area contributed by atoms with Gasteiger partial charge in [-0.1, -0.05) is 18.2 Å². The highest BCUT2D eigenvalue weighted by molar-refractivity contribution is 5.49. The average Bonchev–Trinajstić information content (AvgIpc) is 2.38. The fourth-order valence-corrected chi connectivity index (χ4v) is 1.86. The van der Waals surface area contributed by atoms with Gasteiger partial charge in [-0.15, -0.1) is 0 Å². The Morgan fingerprint density at radius 2 is 1.85 bits per heavy atom. The van der Waals surface area contributed by atoms with Gasteiger partial charge in [-0.25, -0.2) is 4.39 Å². The van der Waals surface area contributed by atoms with Crippen molar-refractivity contribution in [1.29, 1.82) is 0 Å². The molecule has 2 aromatic rings. The van der Waals surface area contributed by atoms with E-state index in [0.29, 0.717) is 0 Å². The Morgan fingerprint density at radius 1 is 1.20 bits per heavy atom. The van der Waals surface area contributed by atoms with E-state index in [-0.39, 0.29) is 22.7 Å². The molecule has 0 bridgehead atoms. The lowest BCUT2D eigenvalue weighted by molar-refractivity contribution is -0.385. The molecule has 0 saturated carbocycles. The molecule has 0 fully saturated rings. The topological polar surface area (TPSA) is 78.4 Å². The third-order valence-corrected chi connectivity index (χ3v) is 2.75. The highest BCUT2D eigenvalue weighted by Crippen LogP contribution is 2.35. The Hall–Kier alpha value is -2.47. The van der Waals surface area contributed by atoms with E-state index in [1.165, 1.54) is 36.4 Å². The molecule has 0 aliphatic carbocycles. The number of nitro benzene ring substituents is 1. The van der Waals surface area contributed by atoms with Crippen LogP contribution in [0.4, 0.5) is 10.1 Å². The molecule has 104 valence electrons. The van der Waals surface area contributed by atoms with Crippen LogP contribution in [0.15, 0.2) is 42.5 Å². The van der Waals surface area contributed by atoms with E-state index in [1.54, 1.807) is 13.0 Å². The van der Waals surface area contributed by atoms with Gasteiger partial charge in [0.15, 0.2) is 0 Å². The number of benzene rings is 2. The fourth-order valence-electron chi connectivity index (χ4n) is 1.86. The summed E-state index contributed by atoms with van der Waals surface area (Å²) in [5.74, 6) is -0.282. The molecule has 0 saturated heterocycles. The Morgan fingerprint density at radius 3 is 2.50 bits per heavy atom. The predicted molar refractivity (Wildman–Crippen MR) is 72.2 cm³/mol. The van der Waals surface area contributed by atoms with Crippen LogP contribution in [0.25, 0.3) is 0 Å². The van der Waals surface area contributed by atoms with Crippen molar-refractivity contribution in [2.45, 2.75) is 13.0 Å². The highest BCUT2D eigenvalue weighted by atomic mass is 19.1. The first-order valence-electron chi connectivity index (χ1n) is 5.96. The van der Waals surface area contributed by atoms with E-state index in [2.05, 4.69) is 0 Å². The largest absolute Gasteiger partial charge is 0.450 e. The predicted octanol–water partition coefficient (Wildman–Crippen LogP) is 3.55. The van der Waals surface area contributed by atoms with E-state index < -0.39 is 16.8 Å². The number of nitro groups is 1. The van der Waals surface area contributed by atoms with Gasteiger partial charge >= 0.3 is 5.69 Å². The maximum Gasteiger partial charge on any atom is 0.311 e. The van der Waals surface area contributed by atoms with Crippen LogP contribution in [0, 0.1) is 15.9 Å². The Bertz CT molecular complexity index is 644. The van der Waals surface area contributed by atoms with Crippen molar-refractivity contribution in [3.05, 3.63) is 64.0 Å². The maximum absolute atomic E-state index is 13.8. The van der Waals surface area contributed by atoms with Crippen LogP contribution < -0.4 is 10.5 Å². The number of rotatable bonds is 4. The molecule has 0 spiro atoms. The van der Waals surface area contributed by atoms with Crippen molar-refractivity contribution < 1.29 is 14.1 Å². The van der Waals surface area contributed by atoms with E-state index in [9.17, 15) is 14.5 Å². The van der Waals surface area contributed by atoms with Gasteiger partial charge in [0.1, 0.15) is 11.6 Å². The molecule has 2 aromatic carbocycles. The van der Waals surface area contributed by atoms with Crippen molar-refractivity contribution >= 4 is 5.69 Å². The SMILES string of the molecule is CC(N)c1c(F)cccc1Oc1ccccc1[N+](=O)[O-]. The molecule has 1 atom stereocenters. The molecule has 0 amide bonds. The molecular formula is C14H13FN2O3. The molecule has 2 rings (SSSR count). The minimum absolute atomic E-state index is 0.0463. The van der Waals surface area contributed by atoms with Crippen LogP contribution in [-0.4, -0.2) is 4.92 Å². The standard InChI is InChI=1S/C14H13FN2O3/c1-9(16)14-10(15)5-4-8-13(14)20-12-7-3-2-6-11(12)17(18)19/h2-9H,16H2,1H3. The quantitative estimate of drug-likeness (QED) is 0.684. The van der Waals surface area contributed by atoms with Crippen molar-refractivity contribution in [1.82, 2.24) is 0 Å². The molecule has 5 nitrogen and oxygen atoms in total. The van der Waals surface area contributed by atoms with Gasteiger partial charge in [-0.3, -0.25) is 10.1 Å². The van der Waals surface area contributed by atoms with Gasteiger partial charge < -0.3 is 10.5 Å². The van der Waals surface area contributed by atoms with E-state index in [4.69, 9.17) is 10.5 Å². The minimum Gasteiger partial charge on any atom is -0.450 e. The molecule has 0 aliphatic heterocycles. The summed E-state index contributed by atoms with van der Waals surface area (Å²) in [5.41, 5.74) is 5.71. The summed E-state index contributed by atoms with van der Waals surface area (Å²) < 4.78 is 19.3. The fraction of sp³-hybridized carbons (Fsp3) is 0.143. The lowest BCUT2D eigenvalue weighted by Gasteiger charge is -2.14. The summed E-state index contributed by atoms with van der Waals surface area (Å²) in [6.45, 7) is 1.62. The summed E-state index contributed by atoms with van der Waals surface area (Å²) in [5, 5.41) is 10.9. The zero-order chi connectivity index (χ0) is 14.7.